The molecule has 1 heterocycles. The minimum Gasteiger partial charge on any atom is -0.475 e. The summed E-state index contributed by atoms with van der Waals surface area (Å²) in [6.45, 7) is 0.493. The number of rotatable bonds is 10. The second kappa shape index (κ2) is 17.3. The van der Waals surface area contributed by atoms with Crippen LogP contribution in [0.2, 0.25) is 0 Å². The van der Waals surface area contributed by atoms with Crippen LogP contribution in [0.25, 0.3) is 10.2 Å². The van der Waals surface area contributed by atoms with Crippen LogP contribution >= 0.6 is 11.3 Å². The Morgan fingerprint density at radius 2 is 1.40 bits per heavy atom. The molecule has 0 saturated heterocycles. The normalized spacial score (nSPS) is 13.4. The van der Waals surface area contributed by atoms with E-state index in [0.29, 0.717) is 30.8 Å². The minimum absolute atomic E-state index is 0.267. The maximum absolute atomic E-state index is 12.6. The number of thiazole rings is 1. The number of carbonyl (C=O) groups excluding carboxylic acids is 1. The lowest BCUT2D eigenvalue weighted by molar-refractivity contribution is -0.193. The number of amides is 1. The van der Waals surface area contributed by atoms with E-state index in [2.05, 4.69) is 10.3 Å². The molecule has 0 radical (unpaired) electrons. The number of halogens is 6. The molecule has 2 aromatic carbocycles. The molecule has 0 saturated carbocycles. The Balaban J connectivity index is 0.000000548. The maximum Gasteiger partial charge on any atom is 0.490 e. The van der Waals surface area contributed by atoms with Crippen molar-refractivity contribution in [3.05, 3.63) is 65.2 Å². The lowest BCUT2D eigenvalue weighted by Crippen LogP contribution is -2.47. The Morgan fingerprint density at radius 3 is 1.88 bits per heavy atom. The number of hydrogen-bond acceptors (Lipinski definition) is 8. The van der Waals surface area contributed by atoms with E-state index in [0.717, 1.165) is 22.2 Å². The fraction of sp³-hybridized carbons (Fsp3) is 0.385. The van der Waals surface area contributed by atoms with Crippen LogP contribution in [-0.4, -0.2) is 69.1 Å². The smallest absolute Gasteiger partial charge is 0.475 e. The number of nitrogens with one attached hydrogen (secondary N) is 1. The molecule has 3 atom stereocenters. The van der Waals surface area contributed by atoms with Gasteiger partial charge < -0.3 is 32.1 Å². The lowest BCUT2D eigenvalue weighted by atomic mass is 10.0. The number of para-hydroxylation sites is 1. The van der Waals surface area contributed by atoms with Gasteiger partial charge >= 0.3 is 24.3 Å². The maximum atomic E-state index is 12.6. The van der Waals surface area contributed by atoms with Crippen molar-refractivity contribution < 1.29 is 56.0 Å². The number of hydrogen-bond donors (Lipinski definition) is 6. The summed E-state index contributed by atoms with van der Waals surface area (Å²) in [6, 6.07) is 16.6. The number of aliphatic carboxylic acids is 2. The Kier molecular flexibility index (Phi) is 15.0. The van der Waals surface area contributed by atoms with Gasteiger partial charge in [-0.05, 0) is 49.9 Å². The largest absolute Gasteiger partial charge is 0.490 e. The molecule has 1 unspecified atom stereocenters. The van der Waals surface area contributed by atoms with Crippen molar-refractivity contribution in [1.29, 1.82) is 0 Å². The number of nitrogens with two attached hydrogens (primary N) is 2. The van der Waals surface area contributed by atoms with Crippen LogP contribution in [0.1, 0.15) is 35.9 Å². The quantitative estimate of drug-likeness (QED) is 0.179. The fourth-order valence-electron chi connectivity index (χ4n) is 3.22. The van der Waals surface area contributed by atoms with Crippen molar-refractivity contribution >= 4 is 39.4 Å². The van der Waals surface area contributed by atoms with Crippen molar-refractivity contribution in [2.24, 2.45) is 11.5 Å². The summed E-state index contributed by atoms with van der Waals surface area (Å²) in [4.78, 5) is 34.9. The van der Waals surface area contributed by atoms with Gasteiger partial charge in [-0.25, -0.2) is 14.6 Å². The van der Waals surface area contributed by atoms with E-state index in [9.17, 15) is 36.2 Å². The van der Waals surface area contributed by atoms with Crippen LogP contribution in [-0.2, 0) is 20.8 Å². The van der Waals surface area contributed by atoms with Crippen molar-refractivity contribution in [1.82, 2.24) is 10.3 Å². The predicted octanol–water partition coefficient (Wildman–Crippen LogP) is 3.78. The van der Waals surface area contributed by atoms with Gasteiger partial charge in [0, 0.05) is 0 Å². The van der Waals surface area contributed by atoms with Gasteiger partial charge in [-0.15, -0.1) is 11.3 Å². The molecule has 3 aromatic rings. The third-order valence-electron chi connectivity index (χ3n) is 5.40. The summed E-state index contributed by atoms with van der Waals surface area (Å²) < 4.78 is 64.5. The summed E-state index contributed by atoms with van der Waals surface area (Å²) in [7, 11) is 0. The Hall–Kier alpha value is -3.80. The highest BCUT2D eigenvalue weighted by Crippen LogP contribution is 2.29. The van der Waals surface area contributed by atoms with Gasteiger partial charge in [0.2, 0.25) is 5.91 Å². The van der Waals surface area contributed by atoms with Gasteiger partial charge in [-0.1, -0.05) is 42.5 Å². The van der Waals surface area contributed by atoms with Gasteiger partial charge in [0.15, 0.2) is 0 Å². The first-order chi connectivity index (χ1) is 20.0. The van der Waals surface area contributed by atoms with E-state index in [4.69, 9.17) is 31.3 Å². The highest BCUT2D eigenvalue weighted by Gasteiger charge is 2.39. The Bertz CT molecular complexity index is 1250. The molecule has 3 rings (SSSR count). The summed E-state index contributed by atoms with van der Waals surface area (Å²) in [5.74, 6) is -5.78. The first-order valence-electron chi connectivity index (χ1n) is 12.4. The zero-order valence-corrected chi connectivity index (χ0v) is 23.1. The first-order valence-corrected chi connectivity index (χ1v) is 13.2. The van der Waals surface area contributed by atoms with Gasteiger partial charge in [0.1, 0.15) is 11.1 Å². The van der Waals surface area contributed by atoms with Crippen molar-refractivity contribution in [3.63, 3.8) is 0 Å². The summed E-state index contributed by atoms with van der Waals surface area (Å²) in [5, 5.41) is 28.8. The fourth-order valence-corrected chi connectivity index (χ4v) is 4.24. The monoisotopic (exact) mass is 640 g/mol. The number of aliphatic hydroxyl groups is 1. The molecule has 1 aromatic heterocycles. The third-order valence-corrected chi connectivity index (χ3v) is 6.51. The number of carbonyl (C=O) groups is 3. The number of aliphatic hydroxyl groups excluding tert-OH is 1. The van der Waals surface area contributed by atoms with Gasteiger partial charge in [0.05, 0.1) is 22.3 Å². The van der Waals surface area contributed by atoms with Crippen LogP contribution in [0.15, 0.2) is 54.6 Å². The Labute approximate surface area is 245 Å². The van der Waals surface area contributed by atoms with Gasteiger partial charge in [0.25, 0.3) is 0 Å². The number of carboxylic acids is 2. The standard InChI is InChI=1S/C22H28N4O2S.2C2HF3O2/c23-14-6-9-16(24)21(28)25-18(13-12-15-7-2-1-3-8-15)20(27)22-26-17-10-4-5-11-19(17)29-22;2*3-2(4,5)1(6)7/h1-5,7-8,10-11,16,18,20,27H,6,9,12-14,23-24H2,(H,25,28);2*(H,6,7)/t16-,18-,20?;;/m1../s1. The number of carboxylic acid groups (broad SMARTS) is 2. The average molecular weight is 641 g/mol. The van der Waals surface area contributed by atoms with E-state index < -0.39 is 42.5 Å². The van der Waals surface area contributed by atoms with Gasteiger partial charge in [-0.2, -0.15) is 26.3 Å². The molecule has 1 amide bonds. The number of aryl methyl sites for hydroxylation is 1. The van der Waals surface area contributed by atoms with Crippen LogP contribution in [0.5, 0.6) is 0 Å². The number of benzene rings is 2. The topological polar surface area (TPSA) is 189 Å². The molecule has 43 heavy (non-hydrogen) atoms. The lowest BCUT2D eigenvalue weighted by Gasteiger charge is -2.24. The van der Waals surface area contributed by atoms with Crippen LogP contribution in [0.4, 0.5) is 26.3 Å². The predicted molar refractivity (Wildman–Crippen MR) is 145 cm³/mol. The van der Waals surface area contributed by atoms with E-state index in [-0.39, 0.29) is 5.91 Å². The van der Waals surface area contributed by atoms with Gasteiger partial charge in [-0.3, -0.25) is 4.79 Å². The molecule has 8 N–H and O–H groups in total. The molecular weight excluding hydrogens is 610 g/mol. The third kappa shape index (κ3) is 13.8. The molecule has 17 heteroatoms. The molecule has 0 aliphatic carbocycles. The molecule has 0 aliphatic rings. The van der Waals surface area contributed by atoms with Crippen LogP contribution in [0.3, 0.4) is 0 Å². The molecular formula is C26H30F6N4O6S. The number of fused-ring (bicyclic) bond motifs is 1. The number of aromatic nitrogens is 1. The zero-order valence-electron chi connectivity index (χ0n) is 22.3. The highest BCUT2D eigenvalue weighted by molar-refractivity contribution is 7.18. The molecule has 0 fully saturated rings. The second-order valence-electron chi connectivity index (χ2n) is 8.75. The summed E-state index contributed by atoms with van der Waals surface area (Å²) in [6.07, 6.45) is -8.56. The van der Waals surface area contributed by atoms with E-state index >= 15 is 0 Å². The molecule has 0 bridgehead atoms. The average Bonchev–Trinajstić information content (AvgIpc) is 3.38. The highest BCUT2D eigenvalue weighted by atomic mass is 32.1. The van der Waals surface area contributed by atoms with Crippen molar-refractivity contribution in [3.8, 4) is 0 Å². The minimum atomic E-state index is -5.08. The molecule has 238 valence electrons. The number of nitrogens with zero attached hydrogens (tertiary/aromatic N) is 1. The number of alkyl halides is 6. The Morgan fingerprint density at radius 1 is 0.884 bits per heavy atom. The van der Waals surface area contributed by atoms with Crippen LogP contribution in [0, 0.1) is 0 Å². The van der Waals surface area contributed by atoms with Crippen molar-refractivity contribution in [2.45, 2.75) is 56.2 Å². The SMILES string of the molecule is NCCC[C@@H](N)C(=O)N[C@H](CCc1ccccc1)C(O)c1nc2ccccc2s1.O=C(O)C(F)(F)F.O=C(O)C(F)(F)F. The zero-order chi connectivity index (χ0) is 32.8. The van der Waals surface area contributed by atoms with Crippen LogP contribution < -0.4 is 16.8 Å². The molecule has 10 nitrogen and oxygen atoms in total. The second-order valence-corrected chi connectivity index (χ2v) is 9.81. The van der Waals surface area contributed by atoms with E-state index in [1.807, 2.05) is 54.6 Å². The van der Waals surface area contributed by atoms with E-state index in [1.54, 1.807) is 0 Å². The summed E-state index contributed by atoms with van der Waals surface area (Å²) >= 11 is 1.44. The first kappa shape index (κ1) is 37.2. The van der Waals surface area contributed by atoms with Crippen molar-refractivity contribution in [2.75, 3.05) is 6.54 Å². The van der Waals surface area contributed by atoms with E-state index in [1.165, 1.54) is 11.3 Å². The summed E-state index contributed by atoms with van der Waals surface area (Å²) in [5.41, 5.74) is 13.5. The molecule has 0 spiro atoms. The molecule has 0 aliphatic heterocycles.